The molecule has 0 radical (unpaired) electrons. The van der Waals surface area contributed by atoms with Crippen LogP contribution < -0.4 is 10.1 Å². The Labute approximate surface area is 112 Å². The summed E-state index contributed by atoms with van der Waals surface area (Å²) in [6, 6.07) is 19.1. The number of amides is 1. The van der Waals surface area contributed by atoms with Crippen LogP contribution in [-0.4, -0.2) is 5.91 Å². The topological polar surface area (TPSA) is 38.3 Å². The van der Waals surface area contributed by atoms with Crippen LogP contribution in [0.1, 0.15) is 5.56 Å². The molecule has 1 N–H and O–H groups in total. The summed E-state index contributed by atoms with van der Waals surface area (Å²) in [4.78, 5) is 11.5. The van der Waals surface area contributed by atoms with Crippen LogP contribution in [0.4, 0.5) is 0 Å². The SMILES string of the molecule is O=C(/C=C/Oc1ccccc1)NCc1ccccc1. The van der Waals surface area contributed by atoms with Crippen molar-refractivity contribution in [1.82, 2.24) is 5.32 Å². The molecule has 0 saturated heterocycles. The molecule has 96 valence electrons. The molecule has 1 amide bonds. The molecule has 3 nitrogen and oxygen atoms in total. The van der Waals surface area contributed by atoms with Crippen molar-refractivity contribution in [2.24, 2.45) is 0 Å². The summed E-state index contributed by atoms with van der Waals surface area (Å²) in [5.74, 6) is 0.523. The molecule has 0 aliphatic rings. The predicted molar refractivity (Wildman–Crippen MR) is 74.5 cm³/mol. The molecule has 0 spiro atoms. The molecule has 0 fully saturated rings. The first kappa shape index (κ1) is 12.9. The fourth-order valence-electron chi connectivity index (χ4n) is 1.52. The molecule has 0 aliphatic heterocycles. The van der Waals surface area contributed by atoms with Gasteiger partial charge in [-0.2, -0.15) is 0 Å². The molecule has 3 heteroatoms. The first-order chi connectivity index (χ1) is 9.34. The molecule has 0 saturated carbocycles. The number of hydrogen-bond acceptors (Lipinski definition) is 2. The number of ether oxygens (including phenoxy) is 1. The largest absolute Gasteiger partial charge is 0.465 e. The first-order valence-corrected chi connectivity index (χ1v) is 6.04. The molecule has 0 aliphatic carbocycles. The minimum absolute atomic E-state index is 0.181. The molecule has 2 aromatic carbocycles. The van der Waals surface area contributed by atoms with E-state index in [1.807, 2.05) is 60.7 Å². The van der Waals surface area contributed by atoms with Gasteiger partial charge in [0.2, 0.25) is 5.91 Å². The highest BCUT2D eigenvalue weighted by Gasteiger charge is 1.96. The van der Waals surface area contributed by atoms with Crippen molar-refractivity contribution in [3.05, 3.63) is 78.6 Å². The normalized spacial score (nSPS) is 10.3. The lowest BCUT2D eigenvalue weighted by Gasteiger charge is -2.02. The monoisotopic (exact) mass is 253 g/mol. The number of rotatable bonds is 5. The molecule has 0 bridgehead atoms. The summed E-state index contributed by atoms with van der Waals surface area (Å²) in [5, 5.41) is 2.78. The Morgan fingerprint density at radius 3 is 2.32 bits per heavy atom. The van der Waals surface area contributed by atoms with Gasteiger partial charge in [0.05, 0.1) is 6.26 Å². The van der Waals surface area contributed by atoms with E-state index >= 15 is 0 Å². The quantitative estimate of drug-likeness (QED) is 0.657. The smallest absolute Gasteiger partial charge is 0.247 e. The van der Waals surface area contributed by atoms with Crippen LogP contribution in [0, 0.1) is 0 Å². The maximum absolute atomic E-state index is 11.5. The van der Waals surface area contributed by atoms with Crippen molar-refractivity contribution in [1.29, 1.82) is 0 Å². The molecular formula is C16H15NO2. The lowest BCUT2D eigenvalue weighted by atomic mass is 10.2. The van der Waals surface area contributed by atoms with Crippen molar-refractivity contribution < 1.29 is 9.53 Å². The first-order valence-electron chi connectivity index (χ1n) is 6.04. The summed E-state index contributed by atoms with van der Waals surface area (Å²) in [6.45, 7) is 0.509. The van der Waals surface area contributed by atoms with Gasteiger partial charge in [-0.25, -0.2) is 0 Å². The van der Waals surface area contributed by atoms with E-state index in [1.165, 1.54) is 12.3 Å². The van der Waals surface area contributed by atoms with Crippen LogP contribution in [-0.2, 0) is 11.3 Å². The van der Waals surface area contributed by atoms with Gasteiger partial charge in [-0.05, 0) is 17.7 Å². The van der Waals surface area contributed by atoms with Crippen LogP contribution in [0.15, 0.2) is 73.0 Å². The Kier molecular flexibility index (Phi) is 4.76. The Morgan fingerprint density at radius 1 is 1.00 bits per heavy atom. The third-order valence-electron chi connectivity index (χ3n) is 2.48. The van der Waals surface area contributed by atoms with Crippen molar-refractivity contribution >= 4 is 5.91 Å². The Hall–Kier alpha value is -2.55. The van der Waals surface area contributed by atoms with E-state index in [-0.39, 0.29) is 5.91 Å². The lowest BCUT2D eigenvalue weighted by molar-refractivity contribution is -0.116. The molecule has 2 rings (SSSR count). The zero-order valence-electron chi connectivity index (χ0n) is 10.5. The summed E-state index contributed by atoms with van der Waals surface area (Å²) < 4.78 is 5.29. The highest BCUT2D eigenvalue weighted by molar-refractivity contribution is 5.87. The van der Waals surface area contributed by atoms with Crippen LogP contribution in [0.2, 0.25) is 0 Å². The standard InChI is InChI=1S/C16H15NO2/c18-16(17-13-14-7-3-1-4-8-14)11-12-19-15-9-5-2-6-10-15/h1-12H,13H2,(H,17,18)/b12-11+. The van der Waals surface area contributed by atoms with Gasteiger partial charge in [0.15, 0.2) is 0 Å². The van der Waals surface area contributed by atoms with Gasteiger partial charge in [0, 0.05) is 12.6 Å². The van der Waals surface area contributed by atoms with E-state index in [0.717, 1.165) is 5.56 Å². The number of carbonyl (C=O) groups is 1. The highest BCUT2D eigenvalue weighted by atomic mass is 16.5. The highest BCUT2D eigenvalue weighted by Crippen LogP contribution is 2.08. The predicted octanol–water partition coefficient (Wildman–Crippen LogP) is 2.90. The van der Waals surface area contributed by atoms with Gasteiger partial charge in [-0.1, -0.05) is 48.5 Å². The van der Waals surface area contributed by atoms with Crippen LogP contribution in [0.25, 0.3) is 0 Å². The molecule has 0 unspecified atom stereocenters. The Bertz CT molecular complexity index is 535. The van der Waals surface area contributed by atoms with Crippen LogP contribution in [0.5, 0.6) is 5.75 Å². The second kappa shape index (κ2) is 7.01. The fourth-order valence-corrected chi connectivity index (χ4v) is 1.52. The van der Waals surface area contributed by atoms with E-state index < -0.39 is 0 Å². The number of carbonyl (C=O) groups excluding carboxylic acids is 1. The van der Waals surface area contributed by atoms with Crippen molar-refractivity contribution in [2.45, 2.75) is 6.54 Å². The van der Waals surface area contributed by atoms with Crippen molar-refractivity contribution in [2.75, 3.05) is 0 Å². The molecule has 2 aromatic rings. The van der Waals surface area contributed by atoms with E-state index in [0.29, 0.717) is 12.3 Å². The summed E-state index contributed by atoms with van der Waals surface area (Å²) in [6.07, 6.45) is 2.76. The number of para-hydroxylation sites is 1. The second-order valence-corrected chi connectivity index (χ2v) is 3.94. The Morgan fingerprint density at radius 2 is 1.63 bits per heavy atom. The number of benzene rings is 2. The second-order valence-electron chi connectivity index (χ2n) is 3.94. The van der Waals surface area contributed by atoms with Gasteiger partial charge in [-0.3, -0.25) is 4.79 Å². The zero-order chi connectivity index (χ0) is 13.3. The van der Waals surface area contributed by atoms with Crippen LogP contribution in [0.3, 0.4) is 0 Å². The summed E-state index contributed by atoms with van der Waals surface area (Å²) in [7, 11) is 0. The Balaban J connectivity index is 1.75. The van der Waals surface area contributed by atoms with E-state index in [1.54, 1.807) is 0 Å². The molecule has 19 heavy (non-hydrogen) atoms. The van der Waals surface area contributed by atoms with E-state index in [4.69, 9.17) is 4.74 Å². The summed E-state index contributed by atoms with van der Waals surface area (Å²) >= 11 is 0. The van der Waals surface area contributed by atoms with Gasteiger partial charge in [0.1, 0.15) is 5.75 Å². The average molecular weight is 253 g/mol. The lowest BCUT2D eigenvalue weighted by Crippen LogP contribution is -2.20. The average Bonchev–Trinajstić information content (AvgIpc) is 2.47. The third kappa shape index (κ3) is 4.68. The minimum Gasteiger partial charge on any atom is -0.465 e. The number of nitrogens with one attached hydrogen (secondary N) is 1. The third-order valence-corrected chi connectivity index (χ3v) is 2.48. The zero-order valence-corrected chi connectivity index (χ0v) is 10.5. The van der Waals surface area contributed by atoms with Gasteiger partial charge in [-0.15, -0.1) is 0 Å². The number of hydrogen-bond donors (Lipinski definition) is 1. The van der Waals surface area contributed by atoms with Crippen molar-refractivity contribution in [3.8, 4) is 5.75 Å². The van der Waals surface area contributed by atoms with Gasteiger partial charge < -0.3 is 10.1 Å². The van der Waals surface area contributed by atoms with E-state index in [9.17, 15) is 4.79 Å². The molecule has 0 aromatic heterocycles. The maximum atomic E-state index is 11.5. The fraction of sp³-hybridized carbons (Fsp3) is 0.0625. The molecular weight excluding hydrogens is 238 g/mol. The summed E-state index contributed by atoms with van der Waals surface area (Å²) in [5.41, 5.74) is 1.06. The maximum Gasteiger partial charge on any atom is 0.247 e. The van der Waals surface area contributed by atoms with Crippen LogP contribution >= 0.6 is 0 Å². The van der Waals surface area contributed by atoms with E-state index in [2.05, 4.69) is 5.32 Å². The van der Waals surface area contributed by atoms with Gasteiger partial charge in [0.25, 0.3) is 0 Å². The van der Waals surface area contributed by atoms with Gasteiger partial charge >= 0.3 is 0 Å². The molecule has 0 atom stereocenters. The minimum atomic E-state index is -0.181. The molecule has 0 heterocycles. The van der Waals surface area contributed by atoms with Crippen molar-refractivity contribution in [3.63, 3.8) is 0 Å².